The van der Waals surface area contributed by atoms with Gasteiger partial charge in [-0.2, -0.15) is 5.10 Å². The van der Waals surface area contributed by atoms with Gasteiger partial charge in [0.05, 0.1) is 0 Å². The van der Waals surface area contributed by atoms with Gasteiger partial charge in [0.15, 0.2) is 0 Å². The van der Waals surface area contributed by atoms with Crippen molar-refractivity contribution in [2.75, 3.05) is 0 Å². The van der Waals surface area contributed by atoms with E-state index in [9.17, 15) is 5.11 Å². The topological polar surface area (TPSA) is 50.9 Å². The number of aryl methyl sites for hydroxylation is 3. The van der Waals surface area contributed by atoms with Gasteiger partial charge < -0.3 is 5.11 Å². The Morgan fingerprint density at radius 3 is 2.60 bits per heavy atom. The molecule has 0 bridgehead atoms. The van der Waals surface area contributed by atoms with Crippen LogP contribution in [0.5, 0.6) is 5.75 Å². The van der Waals surface area contributed by atoms with Crippen LogP contribution in [0, 0.1) is 13.8 Å². The third kappa shape index (κ3) is 1.70. The van der Waals surface area contributed by atoms with E-state index in [1.54, 1.807) is 16.8 Å². The van der Waals surface area contributed by atoms with Gasteiger partial charge in [0.2, 0.25) is 0 Å². The van der Waals surface area contributed by atoms with Crippen LogP contribution in [0.2, 0.25) is 0 Å². The van der Waals surface area contributed by atoms with Crippen LogP contribution in [0.4, 0.5) is 0 Å². The molecule has 0 aromatic carbocycles. The minimum Gasteiger partial charge on any atom is -0.506 e. The molecule has 15 heavy (non-hydrogen) atoms. The van der Waals surface area contributed by atoms with E-state index in [2.05, 4.69) is 10.1 Å². The number of aromatic nitrogens is 3. The van der Waals surface area contributed by atoms with Crippen molar-refractivity contribution in [1.29, 1.82) is 0 Å². The molecule has 2 rings (SSSR count). The second kappa shape index (κ2) is 3.38. The number of pyridine rings is 1. The van der Waals surface area contributed by atoms with Crippen LogP contribution in [0.25, 0.3) is 11.4 Å². The van der Waals surface area contributed by atoms with Gasteiger partial charge in [0.1, 0.15) is 17.1 Å². The molecule has 1 N–H and O–H groups in total. The summed E-state index contributed by atoms with van der Waals surface area (Å²) in [7, 11) is 1.87. The number of hydrogen-bond donors (Lipinski definition) is 1. The summed E-state index contributed by atoms with van der Waals surface area (Å²) in [6, 6.07) is 5.32. The van der Waals surface area contributed by atoms with Crippen LogP contribution in [-0.4, -0.2) is 19.9 Å². The Morgan fingerprint density at radius 1 is 1.27 bits per heavy atom. The van der Waals surface area contributed by atoms with Crippen LogP contribution >= 0.6 is 0 Å². The summed E-state index contributed by atoms with van der Waals surface area (Å²) in [5, 5.41) is 14.0. The fraction of sp³-hybridized carbons (Fsp3) is 0.273. The van der Waals surface area contributed by atoms with E-state index in [4.69, 9.17) is 0 Å². The van der Waals surface area contributed by atoms with Gasteiger partial charge in [-0.3, -0.25) is 4.68 Å². The molecule has 2 heterocycles. The molecular formula is C11H13N3O. The molecule has 2 aromatic heterocycles. The number of aromatic hydroxyl groups is 1. The molecule has 0 aliphatic heterocycles. The zero-order valence-electron chi connectivity index (χ0n) is 9.02. The van der Waals surface area contributed by atoms with E-state index in [-0.39, 0.29) is 5.75 Å². The molecule has 0 aliphatic carbocycles. The van der Waals surface area contributed by atoms with Crippen LogP contribution in [0.1, 0.15) is 11.4 Å². The van der Waals surface area contributed by atoms with E-state index >= 15 is 0 Å². The van der Waals surface area contributed by atoms with Crippen LogP contribution in [-0.2, 0) is 7.05 Å². The van der Waals surface area contributed by atoms with Crippen LogP contribution < -0.4 is 0 Å². The van der Waals surface area contributed by atoms with Crippen molar-refractivity contribution in [3.05, 3.63) is 29.6 Å². The molecule has 0 spiro atoms. The molecule has 0 saturated heterocycles. The highest BCUT2D eigenvalue weighted by Gasteiger charge is 2.10. The molecule has 4 nitrogen and oxygen atoms in total. The monoisotopic (exact) mass is 203 g/mol. The molecule has 0 amide bonds. The van der Waals surface area contributed by atoms with Gasteiger partial charge in [0, 0.05) is 18.4 Å². The van der Waals surface area contributed by atoms with E-state index in [0.29, 0.717) is 11.4 Å². The molecular weight excluding hydrogens is 190 g/mol. The average molecular weight is 203 g/mol. The molecule has 0 unspecified atom stereocenters. The Morgan fingerprint density at radius 2 is 2.00 bits per heavy atom. The number of nitrogens with zero attached hydrogens (tertiary/aromatic N) is 3. The van der Waals surface area contributed by atoms with E-state index in [1.165, 1.54) is 0 Å². The number of rotatable bonds is 1. The van der Waals surface area contributed by atoms with Gasteiger partial charge in [-0.25, -0.2) is 4.98 Å². The highest BCUT2D eigenvalue weighted by molar-refractivity contribution is 5.62. The molecule has 0 atom stereocenters. The minimum absolute atomic E-state index is 0.165. The van der Waals surface area contributed by atoms with Gasteiger partial charge in [-0.15, -0.1) is 0 Å². The van der Waals surface area contributed by atoms with Gasteiger partial charge in [-0.1, -0.05) is 0 Å². The zero-order chi connectivity index (χ0) is 11.0. The van der Waals surface area contributed by atoms with Crippen molar-refractivity contribution < 1.29 is 5.11 Å². The largest absolute Gasteiger partial charge is 0.506 e. The lowest BCUT2D eigenvalue weighted by molar-refractivity contribution is 0.474. The first-order valence-corrected chi connectivity index (χ1v) is 4.75. The van der Waals surface area contributed by atoms with E-state index in [1.807, 2.05) is 27.0 Å². The highest BCUT2D eigenvalue weighted by atomic mass is 16.3. The second-order valence-electron chi connectivity index (χ2n) is 3.61. The first kappa shape index (κ1) is 9.71. The minimum atomic E-state index is 0.165. The summed E-state index contributed by atoms with van der Waals surface area (Å²) in [4.78, 5) is 4.27. The third-order valence-corrected chi connectivity index (χ3v) is 2.37. The fourth-order valence-corrected chi connectivity index (χ4v) is 1.41. The second-order valence-corrected chi connectivity index (χ2v) is 3.61. The molecule has 78 valence electrons. The van der Waals surface area contributed by atoms with Crippen LogP contribution in [0.3, 0.4) is 0 Å². The maximum Gasteiger partial charge on any atom is 0.143 e. The SMILES string of the molecule is Cc1ccc(O)c(-c2cc(C)n(C)n2)n1. The molecule has 0 fully saturated rings. The Kier molecular flexibility index (Phi) is 2.19. The Hall–Kier alpha value is -1.84. The lowest BCUT2D eigenvalue weighted by Gasteiger charge is -2.00. The van der Waals surface area contributed by atoms with Crippen molar-refractivity contribution in [1.82, 2.24) is 14.8 Å². The van der Waals surface area contributed by atoms with Crippen molar-refractivity contribution >= 4 is 0 Å². The molecule has 0 radical (unpaired) electrons. The maximum absolute atomic E-state index is 9.68. The lowest BCUT2D eigenvalue weighted by atomic mass is 10.2. The lowest BCUT2D eigenvalue weighted by Crippen LogP contribution is -1.93. The summed E-state index contributed by atoms with van der Waals surface area (Å²) < 4.78 is 1.76. The summed E-state index contributed by atoms with van der Waals surface area (Å²) in [6.07, 6.45) is 0. The maximum atomic E-state index is 9.68. The summed E-state index contributed by atoms with van der Waals surface area (Å²) in [5.74, 6) is 0.165. The van der Waals surface area contributed by atoms with Crippen molar-refractivity contribution in [3.8, 4) is 17.1 Å². The third-order valence-electron chi connectivity index (χ3n) is 2.37. The normalized spacial score (nSPS) is 10.6. The van der Waals surface area contributed by atoms with Crippen LogP contribution in [0.15, 0.2) is 18.2 Å². The quantitative estimate of drug-likeness (QED) is 0.769. The Labute approximate surface area is 88.2 Å². The average Bonchev–Trinajstić information content (AvgIpc) is 2.51. The Balaban J connectivity index is 2.58. The summed E-state index contributed by atoms with van der Waals surface area (Å²) in [5.41, 5.74) is 3.15. The summed E-state index contributed by atoms with van der Waals surface area (Å²) in [6.45, 7) is 3.85. The van der Waals surface area contributed by atoms with E-state index in [0.717, 1.165) is 11.4 Å². The molecule has 0 saturated carbocycles. The van der Waals surface area contributed by atoms with Gasteiger partial charge >= 0.3 is 0 Å². The van der Waals surface area contributed by atoms with Crippen molar-refractivity contribution in [3.63, 3.8) is 0 Å². The predicted octanol–water partition coefficient (Wildman–Crippen LogP) is 1.80. The smallest absolute Gasteiger partial charge is 0.143 e. The molecule has 0 aliphatic rings. The van der Waals surface area contributed by atoms with Crippen molar-refractivity contribution in [2.45, 2.75) is 13.8 Å². The predicted molar refractivity (Wildman–Crippen MR) is 57.6 cm³/mol. The highest BCUT2D eigenvalue weighted by Crippen LogP contribution is 2.26. The van der Waals surface area contributed by atoms with Crippen molar-refractivity contribution in [2.24, 2.45) is 7.05 Å². The van der Waals surface area contributed by atoms with E-state index < -0.39 is 0 Å². The summed E-state index contributed by atoms with van der Waals surface area (Å²) >= 11 is 0. The Bertz CT molecular complexity index is 483. The number of hydrogen-bond acceptors (Lipinski definition) is 3. The fourth-order valence-electron chi connectivity index (χ4n) is 1.41. The first-order valence-electron chi connectivity index (χ1n) is 4.75. The zero-order valence-corrected chi connectivity index (χ0v) is 9.02. The first-order chi connectivity index (χ1) is 7.08. The standard InChI is InChI=1S/C11H13N3O/c1-7-4-5-10(15)11(12-7)9-6-8(2)14(3)13-9/h4-6,15H,1-3H3. The molecule has 4 heteroatoms. The van der Waals surface area contributed by atoms with Gasteiger partial charge in [0.25, 0.3) is 0 Å². The molecule has 2 aromatic rings. The van der Waals surface area contributed by atoms with Gasteiger partial charge in [-0.05, 0) is 32.0 Å².